The summed E-state index contributed by atoms with van der Waals surface area (Å²) in [5.41, 5.74) is 2.55. The standard InChI is InChI=1S/C21H28N2O/c1-22-19-11-13-21(14-12-19,18-9-6-10-20(24)15-18)23(2)16-17-7-4-3-5-8-17/h3-10,15,19,22,24H,11-14,16H2,1-2H3. The van der Waals surface area contributed by atoms with Crippen LogP contribution in [-0.4, -0.2) is 30.1 Å². The molecule has 0 atom stereocenters. The maximum Gasteiger partial charge on any atom is 0.115 e. The van der Waals surface area contributed by atoms with Crippen molar-refractivity contribution in [1.29, 1.82) is 0 Å². The van der Waals surface area contributed by atoms with Crippen LogP contribution in [0.25, 0.3) is 0 Å². The Balaban J connectivity index is 1.90. The number of phenols is 1. The Bertz CT molecular complexity index is 648. The first kappa shape index (κ1) is 17.0. The number of hydrogen-bond acceptors (Lipinski definition) is 3. The molecule has 0 unspecified atom stereocenters. The second-order valence-electron chi connectivity index (χ2n) is 6.99. The number of nitrogens with one attached hydrogen (secondary N) is 1. The SMILES string of the molecule is CNC1CCC(c2cccc(O)c2)(N(C)Cc2ccccc2)CC1. The molecule has 0 saturated heterocycles. The number of aromatic hydroxyl groups is 1. The van der Waals surface area contributed by atoms with Crippen molar-refractivity contribution in [2.24, 2.45) is 0 Å². The maximum absolute atomic E-state index is 10.00. The number of hydrogen-bond donors (Lipinski definition) is 2. The molecular weight excluding hydrogens is 296 g/mol. The molecule has 0 aliphatic heterocycles. The Labute approximate surface area is 145 Å². The molecule has 0 aromatic heterocycles. The third kappa shape index (κ3) is 3.47. The summed E-state index contributed by atoms with van der Waals surface area (Å²) in [5, 5.41) is 13.4. The highest BCUT2D eigenvalue weighted by molar-refractivity contribution is 5.33. The van der Waals surface area contributed by atoms with Crippen LogP contribution in [0.3, 0.4) is 0 Å². The zero-order chi connectivity index (χ0) is 17.0. The molecule has 2 N–H and O–H groups in total. The summed E-state index contributed by atoms with van der Waals surface area (Å²) in [6.07, 6.45) is 4.52. The van der Waals surface area contributed by atoms with Crippen molar-refractivity contribution < 1.29 is 5.11 Å². The van der Waals surface area contributed by atoms with Gasteiger partial charge in [-0.15, -0.1) is 0 Å². The molecule has 0 amide bonds. The van der Waals surface area contributed by atoms with Crippen LogP contribution in [0.1, 0.15) is 36.8 Å². The molecule has 24 heavy (non-hydrogen) atoms. The molecule has 0 spiro atoms. The zero-order valence-electron chi connectivity index (χ0n) is 14.7. The van der Waals surface area contributed by atoms with Crippen molar-refractivity contribution in [2.75, 3.05) is 14.1 Å². The minimum Gasteiger partial charge on any atom is -0.508 e. The van der Waals surface area contributed by atoms with Gasteiger partial charge >= 0.3 is 0 Å². The predicted molar refractivity (Wildman–Crippen MR) is 99.0 cm³/mol. The van der Waals surface area contributed by atoms with Crippen LogP contribution in [0.4, 0.5) is 0 Å². The Kier molecular flexibility index (Phi) is 5.22. The lowest BCUT2D eigenvalue weighted by Gasteiger charge is -2.47. The second-order valence-corrected chi connectivity index (χ2v) is 6.99. The molecule has 0 bridgehead atoms. The van der Waals surface area contributed by atoms with Crippen molar-refractivity contribution >= 4 is 0 Å². The lowest BCUT2D eigenvalue weighted by Crippen LogP contribution is -2.48. The van der Waals surface area contributed by atoms with E-state index in [1.165, 1.54) is 11.1 Å². The molecule has 3 nitrogen and oxygen atoms in total. The molecule has 1 fully saturated rings. The van der Waals surface area contributed by atoms with Crippen LogP contribution in [0.15, 0.2) is 54.6 Å². The topological polar surface area (TPSA) is 35.5 Å². The van der Waals surface area contributed by atoms with Crippen molar-refractivity contribution in [3.05, 3.63) is 65.7 Å². The Morgan fingerprint density at radius 3 is 2.42 bits per heavy atom. The van der Waals surface area contributed by atoms with Crippen LogP contribution in [-0.2, 0) is 12.1 Å². The van der Waals surface area contributed by atoms with Gasteiger partial charge in [0.1, 0.15) is 5.75 Å². The van der Waals surface area contributed by atoms with Gasteiger partial charge in [0.05, 0.1) is 0 Å². The van der Waals surface area contributed by atoms with Crippen molar-refractivity contribution in [3.63, 3.8) is 0 Å². The van der Waals surface area contributed by atoms with Gasteiger partial charge in [0.2, 0.25) is 0 Å². The number of rotatable bonds is 5. The zero-order valence-corrected chi connectivity index (χ0v) is 14.7. The minimum atomic E-state index is -0.0120. The first-order valence-corrected chi connectivity index (χ1v) is 8.86. The van der Waals surface area contributed by atoms with Crippen LogP contribution in [0.2, 0.25) is 0 Å². The van der Waals surface area contributed by atoms with Gasteiger partial charge in [0.15, 0.2) is 0 Å². The van der Waals surface area contributed by atoms with Crippen LogP contribution < -0.4 is 5.32 Å². The van der Waals surface area contributed by atoms with Gasteiger partial charge in [0, 0.05) is 18.1 Å². The normalized spacial score (nSPS) is 24.2. The summed E-state index contributed by atoms with van der Waals surface area (Å²) in [4.78, 5) is 2.48. The fraction of sp³-hybridized carbons (Fsp3) is 0.429. The summed E-state index contributed by atoms with van der Waals surface area (Å²) in [6, 6.07) is 19.1. The van der Waals surface area contributed by atoms with E-state index >= 15 is 0 Å². The van der Waals surface area contributed by atoms with E-state index in [4.69, 9.17) is 0 Å². The second kappa shape index (κ2) is 7.37. The fourth-order valence-electron chi connectivity index (χ4n) is 4.08. The van der Waals surface area contributed by atoms with Crippen LogP contribution in [0.5, 0.6) is 5.75 Å². The summed E-state index contributed by atoms with van der Waals surface area (Å²) >= 11 is 0. The van der Waals surface area contributed by atoms with Crippen molar-refractivity contribution in [1.82, 2.24) is 10.2 Å². The van der Waals surface area contributed by atoms with E-state index in [-0.39, 0.29) is 5.54 Å². The molecule has 1 aliphatic rings. The van der Waals surface area contributed by atoms with Crippen LogP contribution in [0, 0.1) is 0 Å². The van der Waals surface area contributed by atoms with E-state index in [9.17, 15) is 5.11 Å². The van der Waals surface area contributed by atoms with Gasteiger partial charge in [-0.05, 0) is 63.0 Å². The number of benzene rings is 2. The molecule has 0 radical (unpaired) electrons. The molecule has 2 aromatic carbocycles. The van der Waals surface area contributed by atoms with Crippen molar-refractivity contribution in [3.8, 4) is 5.75 Å². The van der Waals surface area contributed by atoms with E-state index < -0.39 is 0 Å². The smallest absolute Gasteiger partial charge is 0.115 e. The third-order valence-corrected chi connectivity index (χ3v) is 5.60. The molecule has 3 heteroatoms. The third-order valence-electron chi connectivity index (χ3n) is 5.60. The van der Waals surface area contributed by atoms with Gasteiger partial charge < -0.3 is 10.4 Å². The quantitative estimate of drug-likeness (QED) is 0.876. The monoisotopic (exact) mass is 324 g/mol. The molecule has 0 heterocycles. The highest BCUT2D eigenvalue weighted by Gasteiger charge is 2.40. The summed E-state index contributed by atoms with van der Waals surface area (Å²) in [6.45, 7) is 0.917. The lowest BCUT2D eigenvalue weighted by molar-refractivity contribution is 0.0561. The van der Waals surface area contributed by atoms with Gasteiger partial charge in [-0.2, -0.15) is 0 Å². The lowest BCUT2D eigenvalue weighted by atomic mass is 9.73. The number of phenolic OH excluding ortho intramolecular Hbond substituents is 1. The van der Waals surface area contributed by atoms with Crippen LogP contribution >= 0.6 is 0 Å². The summed E-state index contributed by atoms with van der Waals surface area (Å²) < 4.78 is 0. The summed E-state index contributed by atoms with van der Waals surface area (Å²) in [5.74, 6) is 0.357. The summed E-state index contributed by atoms with van der Waals surface area (Å²) in [7, 11) is 4.27. The highest BCUT2D eigenvalue weighted by Crippen LogP contribution is 2.43. The van der Waals surface area contributed by atoms with Gasteiger partial charge in [-0.3, -0.25) is 4.90 Å². The average molecular weight is 324 g/mol. The first-order chi connectivity index (χ1) is 11.6. The van der Waals surface area contributed by atoms with E-state index in [0.29, 0.717) is 11.8 Å². The molecule has 3 rings (SSSR count). The van der Waals surface area contributed by atoms with Gasteiger partial charge in [-0.1, -0.05) is 42.5 Å². The molecule has 1 aliphatic carbocycles. The molecule has 128 valence electrons. The number of nitrogens with zero attached hydrogens (tertiary/aromatic N) is 1. The molecule has 2 aromatic rings. The minimum absolute atomic E-state index is 0.0120. The average Bonchev–Trinajstić information content (AvgIpc) is 2.62. The van der Waals surface area contributed by atoms with E-state index in [0.717, 1.165) is 32.2 Å². The Hall–Kier alpha value is -1.84. The van der Waals surface area contributed by atoms with Gasteiger partial charge in [-0.25, -0.2) is 0 Å². The first-order valence-electron chi connectivity index (χ1n) is 8.86. The maximum atomic E-state index is 10.00. The Morgan fingerprint density at radius 2 is 1.79 bits per heavy atom. The van der Waals surface area contributed by atoms with Gasteiger partial charge in [0.25, 0.3) is 0 Å². The van der Waals surface area contributed by atoms with E-state index in [1.807, 2.05) is 12.1 Å². The van der Waals surface area contributed by atoms with E-state index in [1.54, 1.807) is 6.07 Å². The largest absolute Gasteiger partial charge is 0.508 e. The highest BCUT2D eigenvalue weighted by atomic mass is 16.3. The van der Waals surface area contributed by atoms with E-state index in [2.05, 4.69) is 60.7 Å². The Morgan fingerprint density at radius 1 is 1.08 bits per heavy atom. The predicted octanol–water partition coefficient (Wildman–Crippen LogP) is 3.88. The molecule has 1 saturated carbocycles. The fourth-order valence-corrected chi connectivity index (χ4v) is 4.08. The van der Waals surface area contributed by atoms with Crippen molar-refractivity contribution in [2.45, 2.75) is 43.8 Å². The molecular formula is C21H28N2O.